The van der Waals surface area contributed by atoms with Crippen molar-refractivity contribution in [2.24, 2.45) is 0 Å². The van der Waals surface area contributed by atoms with Crippen LogP contribution in [0, 0.1) is 6.07 Å². The van der Waals surface area contributed by atoms with Gasteiger partial charge < -0.3 is 23.5 Å². The molecule has 0 spiro atoms. The molecular formula is C32H24N4Na2O7S. The summed E-state index contributed by atoms with van der Waals surface area (Å²) in [6.07, 6.45) is 3.36. The molecule has 0 fully saturated rings. The van der Waals surface area contributed by atoms with Crippen molar-refractivity contribution in [3.8, 4) is 34.6 Å². The molecule has 6 aromatic rings. The molecule has 0 saturated carbocycles. The van der Waals surface area contributed by atoms with E-state index >= 15 is 0 Å². The second kappa shape index (κ2) is 15.5. The summed E-state index contributed by atoms with van der Waals surface area (Å²) in [6, 6.07) is 23.9. The molecule has 222 valence electrons. The maximum absolute atomic E-state index is 11.6. The molecule has 0 atom stereocenters. The van der Waals surface area contributed by atoms with Crippen molar-refractivity contribution in [1.29, 1.82) is 0 Å². The normalized spacial score (nSPS) is 10.9. The van der Waals surface area contributed by atoms with Crippen LogP contribution in [0.25, 0.3) is 33.2 Å². The van der Waals surface area contributed by atoms with Gasteiger partial charge in [-0.2, -0.15) is 6.07 Å². The Bertz CT molecular complexity index is 2120. The van der Waals surface area contributed by atoms with Crippen molar-refractivity contribution in [2.45, 2.75) is 18.1 Å². The number of fused-ring (bicyclic) bond motifs is 2. The summed E-state index contributed by atoms with van der Waals surface area (Å²) in [7, 11) is -1.87. The Labute approximate surface area is 309 Å². The Hall–Kier alpha value is -3.33. The fourth-order valence-electron chi connectivity index (χ4n) is 4.53. The van der Waals surface area contributed by atoms with Gasteiger partial charge in [-0.05, 0) is 53.6 Å². The monoisotopic (exact) mass is 654 g/mol. The van der Waals surface area contributed by atoms with E-state index < -0.39 is 15.0 Å². The van der Waals surface area contributed by atoms with E-state index in [1.54, 1.807) is 24.5 Å². The first-order valence-electron chi connectivity index (χ1n) is 13.3. The molecule has 14 heteroatoms. The fraction of sp³-hybridized carbons (Fsp3) is 0.125. The van der Waals surface area contributed by atoms with Crippen molar-refractivity contribution in [1.82, 2.24) is 19.9 Å². The second-order valence-corrected chi connectivity index (χ2v) is 10.9. The topological polar surface area (TPSA) is 146 Å². The molecule has 3 aromatic carbocycles. The second-order valence-electron chi connectivity index (χ2n) is 9.59. The Kier molecular flexibility index (Phi) is 12.0. The van der Waals surface area contributed by atoms with Crippen LogP contribution in [0.2, 0.25) is 0 Å². The minimum Gasteiger partial charge on any atom is -0.744 e. The van der Waals surface area contributed by atoms with E-state index in [2.05, 4.69) is 26.0 Å². The van der Waals surface area contributed by atoms with Gasteiger partial charge in [-0.3, -0.25) is 9.97 Å². The van der Waals surface area contributed by atoms with Crippen molar-refractivity contribution in [3.05, 3.63) is 102 Å². The van der Waals surface area contributed by atoms with Gasteiger partial charge in [-0.15, -0.1) is 22.9 Å². The Morgan fingerprint density at radius 3 is 1.93 bits per heavy atom. The van der Waals surface area contributed by atoms with Crippen LogP contribution in [0.15, 0.2) is 90.1 Å². The van der Waals surface area contributed by atoms with E-state index in [0.717, 1.165) is 11.1 Å². The molecule has 0 amide bonds. The number of para-hydroxylation sites is 2. The number of rotatable bonds is 10. The number of benzene rings is 3. The third kappa shape index (κ3) is 8.14. The van der Waals surface area contributed by atoms with Gasteiger partial charge in [0.2, 0.25) is 0 Å². The molecule has 0 bridgehead atoms. The Morgan fingerprint density at radius 2 is 1.35 bits per heavy atom. The van der Waals surface area contributed by atoms with Crippen LogP contribution in [0.3, 0.4) is 0 Å². The predicted molar refractivity (Wildman–Crippen MR) is 160 cm³/mol. The average molecular weight is 655 g/mol. The number of nitrogens with zero attached hydrogens (tertiary/aromatic N) is 4. The third-order valence-electron chi connectivity index (χ3n) is 6.68. The largest absolute Gasteiger partial charge is 1.00 e. The maximum Gasteiger partial charge on any atom is 1.00 e. The summed E-state index contributed by atoms with van der Waals surface area (Å²) in [5, 5.41) is 1.15. The molecule has 0 aliphatic carbocycles. The Balaban J connectivity index is 0.00000240. The zero-order chi connectivity index (χ0) is 30.7. The van der Waals surface area contributed by atoms with Gasteiger partial charge in [-0.25, -0.2) is 18.4 Å². The smallest absolute Gasteiger partial charge is 0.744 e. The number of methoxy groups -OCH3 is 2. The minimum absolute atomic E-state index is 0. The summed E-state index contributed by atoms with van der Waals surface area (Å²) >= 11 is 0. The van der Waals surface area contributed by atoms with Crippen LogP contribution in [0.1, 0.15) is 11.1 Å². The van der Waals surface area contributed by atoms with Crippen LogP contribution in [0.5, 0.6) is 23.3 Å². The molecule has 3 aromatic heterocycles. The van der Waals surface area contributed by atoms with E-state index in [-0.39, 0.29) is 78.1 Å². The van der Waals surface area contributed by atoms with Crippen molar-refractivity contribution in [2.75, 3.05) is 14.2 Å². The van der Waals surface area contributed by atoms with Crippen molar-refractivity contribution in [3.63, 3.8) is 0 Å². The fourth-order valence-corrected chi connectivity index (χ4v) is 5.19. The molecule has 0 aliphatic heterocycles. The van der Waals surface area contributed by atoms with Gasteiger partial charge >= 0.3 is 59.1 Å². The molecule has 0 radical (unpaired) electrons. The van der Waals surface area contributed by atoms with Crippen LogP contribution in [0.4, 0.5) is 0 Å². The van der Waals surface area contributed by atoms with Gasteiger partial charge in [0.15, 0.2) is 0 Å². The van der Waals surface area contributed by atoms with Gasteiger partial charge in [-0.1, -0.05) is 18.2 Å². The molecule has 11 nitrogen and oxygen atoms in total. The van der Waals surface area contributed by atoms with Gasteiger partial charge in [0.1, 0.15) is 29.1 Å². The van der Waals surface area contributed by atoms with Crippen molar-refractivity contribution >= 4 is 31.9 Å². The van der Waals surface area contributed by atoms with Gasteiger partial charge in [0.05, 0.1) is 41.5 Å². The first kappa shape index (κ1) is 35.5. The molecule has 0 saturated heterocycles. The first-order chi connectivity index (χ1) is 21.3. The standard InChI is InChI=1S/C32H25N4O7S.2Na/c1-40-29-16-23-15-24(8-7-22(23)17-30(29)44(37,38)39)42-18-20-9-11-33-27(13-20)28-14-21(10-12-34-28)19-43-32-31(41-2)35-25-5-3-4-6-26(25)36-32;;/h3-7,9-17H,18-19H2,1-2H3,(H,37,38,39);;/q-1;2*+1/p-1. The number of hydrogen-bond donors (Lipinski definition) is 0. The van der Waals surface area contributed by atoms with E-state index in [9.17, 15) is 13.0 Å². The van der Waals surface area contributed by atoms with Crippen LogP contribution in [-0.4, -0.2) is 47.1 Å². The number of hydrogen-bond acceptors (Lipinski definition) is 11. The summed E-state index contributed by atoms with van der Waals surface area (Å²) in [6.45, 7) is 0.428. The van der Waals surface area contributed by atoms with Crippen molar-refractivity contribution < 1.29 is 91.0 Å². The zero-order valence-corrected chi connectivity index (χ0v) is 30.4. The quantitative estimate of drug-likeness (QED) is 0.103. The summed E-state index contributed by atoms with van der Waals surface area (Å²) in [5.41, 5.74) is 4.40. The molecular weight excluding hydrogens is 630 g/mol. The molecule has 6 rings (SSSR count). The zero-order valence-electron chi connectivity index (χ0n) is 25.6. The van der Waals surface area contributed by atoms with E-state index in [1.807, 2.05) is 48.5 Å². The van der Waals surface area contributed by atoms with Crippen LogP contribution in [-0.2, 0) is 23.3 Å². The molecule has 0 unspecified atom stereocenters. The molecule has 0 aliphatic rings. The van der Waals surface area contributed by atoms with Gasteiger partial charge in [0, 0.05) is 18.1 Å². The van der Waals surface area contributed by atoms with Crippen LogP contribution >= 0.6 is 0 Å². The van der Waals surface area contributed by atoms with E-state index in [1.165, 1.54) is 26.4 Å². The van der Waals surface area contributed by atoms with E-state index in [4.69, 9.17) is 18.9 Å². The third-order valence-corrected chi connectivity index (χ3v) is 7.54. The van der Waals surface area contributed by atoms with E-state index in [0.29, 0.717) is 50.7 Å². The predicted octanol–water partition coefficient (Wildman–Crippen LogP) is -0.873. The summed E-state index contributed by atoms with van der Waals surface area (Å²) in [5.74, 6) is 0.991. The number of ether oxygens (including phenoxy) is 4. The number of aromatic nitrogens is 4. The minimum atomic E-state index is -4.70. The summed E-state index contributed by atoms with van der Waals surface area (Å²) < 4.78 is 57.2. The maximum atomic E-state index is 11.6. The SMILES string of the molecule is COc1cc2cc(OCc3ccnc(-c4cc(COc5nc6ccccc6nc5OC)ccn4)c3)[c-]cc2cc1S(=O)(=O)[O-].[Na+].[Na+]. The number of pyridine rings is 2. The molecule has 3 heterocycles. The molecule has 46 heavy (non-hydrogen) atoms. The summed E-state index contributed by atoms with van der Waals surface area (Å²) in [4.78, 5) is 17.5. The van der Waals surface area contributed by atoms with Crippen LogP contribution < -0.4 is 78.1 Å². The Morgan fingerprint density at radius 1 is 0.739 bits per heavy atom. The first-order valence-corrected chi connectivity index (χ1v) is 14.7. The molecule has 0 N–H and O–H groups in total. The van der Waals surface area contributed by atoms with Gasteiger partial charge in [0.25, 0.3) is 11.8 Å². The average Bonchev–Trinajstić information content (AvgIpc) is 3.05.